The molecule has 0 bridgehead atoms. The van der Waals surface area contributed by atoms with Crippen LogP contribution in [0.2, 0.25) is 0 Å². The molecule has 0 aromatic heterocycles. The van der Waals surface area contributed by atoms with Crippen molar-refractivity contribution >= 4 is 35.5 Å². The summed E-state index contributed by atoms with van der Waals surface area (Å²) >= 11 is 1.49. The number of thioether (sulfide) groups is 1. The van der Waals surface area contributed by atoms with Crippen molar-refractivity contribution in [3.63, 3.8) is 0 Å². The number of hydrogen-bond donors (Lipinski definition) is 8. The topological polar surface area (TPSA) is 215 Å². The van der Waals surface area contributed by atoms with Gasteiger partial charge in [0.1, 0.15) is 0 Å². The first kappa shape index (κ1) is 37.7. The minimum absolute atomic E-state index is 0.142. The van der Waals surface area contributed by atoms with Gasteiger partial charge in [-0.2, -0.15) is 11.8 Å². The summed E-state index contributed by atoms with van der Waals surface area (Å²) in [6.07, 6.45) is -5.64. The Bertz CT molecular complexity index is 1230. The predicted molar refractivity (Wildman–Crippen MR) is 168 cm³/mol. The molecule has 0 saturated carbocycles. The summed E-state index contributed by atoms with van der Waals surface area (Å²) < 4.78 is 5.19. The molecule has 2 aromatic rings. The Morgan fingerprint density at radius 1 is 0.844 bits per heavy atom. The molecule has 0 fully saturated rings. The van der Waals surface area contributed by atoms with Crippen molar-refractivity contribution in [2.24, 2.45) is 0 Å². The number of carboxylic acids is 1. The third kappa shape index (κ3) is 13.6. The van der Waals surface area contributed by atoms with E-state index in [1.54, 1.807) is 24.3 Å². The number of carbonyl (C=O) groups excluding carboxylic acids is 3. The zero-order valence-corrected chi connectivity index (χ0v) is 26.2. The lowest BCUT2D eigenvalue weighted by molar-refractivity contribution is -0.234. The molecule has 14 heteroatoms. The van der Waals surface area contributed by atoms with Crippen molar-refractivity contribution in [3.05, 3.63) is 60.2 Å². The second-order valence-electron chi connectivity index (χ2n) is 10.5. The number of nitrogens with one attached hydrogen (secondary N) is 3. The Kier molecular flexibility index (Phi) is 16.0. The number of hydrogen-bond acceptors (Lipinski definition) is 10. The fraction of sp³-hybridized carbons (Fsp3) is 0.484. The zero-order chi connectivity index (χ0) is 33.4. The van der Waals surface area contributed by atoms with E-state index in [4.69, 9.17) is 4.74 Å². The fourth-order valence-electron chi connectivity index (χ4n) is 4.31. The highest BCUT2D eigenvalue weighted by molar-refractivity contribution is 7.99. The van der Waals surface area contributed by atoms with E-state index in [9.17, 15) is 44.7 Å². The maximum atomic E-state index is 12.6. The average molecular weight is 650 g/mol. The number of carboxylic acid groups (broad SMARTS) is 1. The van der Waals surface area contributed by atoms with Gasteiger partial charge in [-0.1, -0.05) is 42.5 Å². The highest BCUT2D eigenvalue weighted by Gasteiger charge is 2.42. The maximum Gasteiger partial charge on any atom is 0.364 e. The van der Waals surface area contributed by atoms with Crippen LogP contribution < -0.4 is 16.0 Å². The molecule has 0 aliphatic carbocycles. The Morgan fingerprint density at radius 2 is 1.49 bits per heavy atom. The van der Waals surface area contributed by atoms with E-state index in [0.29, 0.717) is 30.0 Å². The fourth-order valence-corrected chi connectivity index (χ4v) is 5.08. The van der Waals surface area contributed by atoms with Crippen molar-refractivity contribution in [2.45, 2.75) is 63.3 Å². The molecule has 0 heterocycles. The Balaban J connectivity index is 1.89. The zero-order valence-electron chi connectivity index (χ0n) is 25.3. The molecule has 0 saturated heterocycles. The van der Waals surface area contributed by atoms with Crippen LogP contribution in [0.4, 0.5) is 0 Å². The number of ether oxygens (including phenoxy) is 1. The summed E-state index contributed by atoms with van der Waals surface area (Å²) in [7, 11) is 0. The molecule has 45 heavy (non-hydrogen) atoms. The van der Waals surface area contributed by atoms with E-state index in [1.165, 1.54) is 18.7 Å². The highest BCUT2D eigenvalue weighted by atomic mass is 32.2. The van der Waals surface area contributed by atoms with Crippen LogP contribution >= 0.6 is 11.8 Å². The molecule has 13 nitrogen and oxygen atoms in total. The van der Waals surface area contributed by atoms with Gasteiger partial charge in [0.15, 0.2) is 0 Å². The summed E-state index contributed by atoms with van der Waals surface area (Å²) in [5, 5.41) is 59.6. The molecule has 248 valence electrons. The lowest BCUT2D eigenvalue weighted by Gasteiger charge is -2.32. The van der Waals surface area contributed by atoms with Crippen molar-refractivity contribution in [3.8, 4) is 11.1 Å². The quantitative estimate of drug-likeness (QED) is 0.0730. The van der Waals surface area contributed by atoms with Crippen LogP contribution in [0.1, 0.15) is 43.5 Å². The van der Waals surface area contributed by atoms with E-state index in [2.05, 4.69) is 16.0 Å². The van der Waals surface area contributed by atoms with Gasteiger partial charge in [0, 0.05) is 44.7 Å². The van der Waals surface area contributed by atoms with Gasteiger partial charge in [0.05, 0.1) is 31.0 Å². The van der Waals surface area contributed by atoms with E-state index in [1.807, 2.05) is 30.3 Å². The number of rotatable bonds is 20. The van der Waals surface area contributed by atoms with Crippen LogP contribution in [0.15, 0.2) is 54.6 Å². The van der Waals surface area contributed by atoms with Crippen LogP contribution in [-0.2, 0) is 19.1 Å². The standard InChI is InChI=1S/C31H43N3O10S/c1-20(35)32-13-16-45-15-6-14-44-31(43,30(41)42)18-27(38)25(34-21(2)36)17-26(37)28(39)19-33-29(40)24-11-9-23(10-12-24)22-7-4-3-5-8-22/h3-5,7-12,25-28,37-39,43H,6,13-19H2,1-2H3,(H,32,35)(H,33,40)(H,34,36)(H,41,42)/t25?,26-,27?,28?,31?/m1/s1. The van der Waals surface area contributed by atoms with Crippen LogP contribution in [0.3, 0.4) is 0 Å². The molecule has 0 aliphatic rings. The summed E-state index contributed by atoms with van der Waals surface area (Å²) in [6.45, 7) is 2.53. The minimum Gasteiger partial charge on any atom is -0.477 e. The second-order valence-corrected chi connectivity index (χ2v) is 11.7. The summed E-state index contributed by atoms with van der Waals surface area (Å²) in [6, 6.07) is 15.1. The molecule has 0 radical (unpaired) electrons. The van der Waals surface area contributed by atoms with Crippen LogP contribution in [0, 0.1) is 0 Å². The van der Waals surface area contributed by atoms with Gasteiger partial charge < -0.3 is 46.2 Å². The normalized spacial score (nSPS) is 15.2. The molecule has 5 atom stereocenters. The van der Waals surface area contributed by atoms with Gasteiger partial charge in [-0.15, -0.1) is 0 Å². The van der Waals surface area contributed by atoms with Crippen LogP contribution in [-0.4, -0.2) is 111 Å². The van der Waals surface area contributed by atoms with Gasteiger partial charge in [-0.05, 0) is 41.9 Å². The molecular weight excluding hydrogens is 606 g/mol. The van der Waals surface area contributed by atoms with Gasteiger partial charge in [-0.25, -0.2) is 4.79 Å². The second kappa shape index (κ2) is 19.1. The number of benzene rings is 2. The van der Waals surface area contributed by atoms with Gasteiger partial charge >= 0.3 is 5.97 Å². The largest absolute Gasteiger partial charge is 0.477 e. The number of aliphatic hydroxyl groups is 4. The lowest BCUT2D eigenvalue weighted by atomic mass is 9.95. The lowest BCUT2D eigenvalue weighted by Crippen LogP contribution is -2.52. The highest BCUT2D eigenvalue weighted by Crippen LogP contribution is 2.22. The number of aliphatic carboxylic acids is 1. The Morgan fingerprint density at radius 3 is 2.09 bits per heavy atom. The first-order valence-electron chi connectivity index (χ1n) is 14.5. The molecule has 0 aliphatic heterocycles. The van der Waals surface area contributed by atoms with E-state index >= 15 is 0 Å². The first-order chi connectivity index (χ1) is 21.3. The SMILES string of the molecule is CC(=O)NCCSCCCOC(O)(CC(O)C(C[C@@H](O)C(O)CNC(=O)c1ccc(-c2ccccc2)cc1)NC(C)=O)C(=O)O. The molecule has 4 unspecified atom stereocenters. The molecule has 2 aromatic carbocycles. The third-order valence-corrected chi connectivity index (χ3v) is 7.80. The van der Waals surface area contributed by atoms with E-state index in [0.717, 1.165) is 18.1 Å². The average Bonchev–Trinajstić information content (AvgIpc) is 3.00. The maximum absolute atomic E-state index is 12.6. The third-order valence-electron chi connectivity index (χ3n) is 6.73. The molecule has 3 amide bonds. The number of aliphatic hydroxyl groups excluding tert-OH is 3. The summed E-state index contributed by atoms with van der Waals surface area (Å²) in [5.74, 6) is -4.58. The van der Waals surface area contributed by atoms with Crippen molar-refractivity contribution in [2.75, 3.05) is 31.2 Å². The van der Waals surface area contributed by atoms with E-state index < -0.39 is 60.8 Å². The summed E-state index contributed by atoms with van der Waals surface area (Å²) in [5.41, 5.74) is 2.23. The van der Waals surface area contributed by atoms with Crippen LogP contribution in [0.25, 0.3) is 11.1 Å². The van der Waals surface area contributed by atoms with Crippen molar-refractivity contribution < 1.29 is 49.4 Å². The van der Waals surface area contributed by atoms with E-state index in [-0.39, 0.29) is 19.1 Å². The number of amides is 3. The first-order valence-corrected chi connectivity index (χ1v) is 15.6. The molecule has 8 N–H and O–H groups in total. The van der Waals surface area contributed by atoms with Crippen molar-refractivity contribution in [1.29, 1.82) is 0 Å². The minimum atomic E-state index is -2.79. The van der Waals surface area contributed by atoms with Gasteiger partial charge in [0.25, 0.3) is 11.7 Å². The summed E-state index contributed by atoms with van der Waals surface area (Å²) in [4.78, 5) is 47.1. The molecule has 2 rings (SSSR count). The van der Waals surface area contributed by atoms with Gasteiger partial charge in [0.2, 0.25) is 11.8 Å². The molecular formula is C31H43N3O10S. The smallest absolute Gasteiger partial charge is 0.364 e. The number of carbonyl (C=O) groups is 4. The van der Waals surface area contributed by atoms with Crippen molar-refractivity contribution in [1.82, 2.24) is 16.0 Å². The Hall–Kier alpha value is -3.53. The van der Waals surface area contributed by atoms with Gasteiger partial charge in [-0.3, -0.25) is 14.4 Å². The Labute approximate surface area is 266 Å². The molecule has 0 spiro atoms. The van der Waals surface area contributed by atoms with Crippen LogP contribution in [0.5, 0.6) is 0 Å². The monoisotopic (exact) mass is 649 g/mol. The predicted octanol–water partition coefficient (Wildman–Crippen LogP) is 0.500.